The van der Waals surface area contributed by atoms with Gasteiger partial charge in [-0.1, -0.05) is 28.1 Å². The molecule has 0 saturated heterocycles. The topological polar surface area (TPSA) is 87.2 Å². The summed E-state index contributed by atoms with van der Waals surface area (Å²) in [5, 5.41) is 0. The summed E-state index contributed by atoms with van der Waals surface area (Å²) in [6.45, 7) is 1.33. The van der Waals surface area contributed by atoms with E-state index in [1.807, 2.05) is 53.1 Å². The van der Waals surface area contributed by atoms with E-state index in [1.165, 1.54) is 0 Å². The molecule has 1 aromatic heterocycles. The Kier molecular flexibility index (Phi) is 5.23. The van der Waals surface area contributed by atoms with Crippen molar-refractivity contribution in [3.8, 4) is 5.75 Å². The Hall–Kier alpha value is -2.54. The lowest BCUT2D eigenvalue weighted by Gasteiger charge is -2.06. The second-order valence-corrected chi connectivity index (χ2v) is 6.62. The van der Waals surface area contributed by atoms with Crippen LogP contribution in [0.4, 0.5) is 5.95 Å². The zero-order valence-corrected chi connectivity index (χ0v) is 15.3. The molecule has 2 aromatic carbocycles. The van der Waals surface area contributed by atoms with Gasteiger partial charge in [0.1, 0.15) is 16.8 Å². The average molecular weight is 404 g/mol. The number of anilines is 1. The van der Waals surface area contributed by atoms with Crippen molar-refractivity contribution < 1.29 is 14.1 Å². The Morgan fingerprint density at radius 1 is 1.16 bits per heavy atom. The maximum atomic E-state index is 11.3. The van der Waals surface area contributed by atoms with E-state index in [-0.39, 0.29) is 6.54 Å². The van der Waals surface area contributed by atoms with Gasteiger partial charge in [-0.25, -0.2) is 9.13 Å². The van der Waals surface area contributed by atoms with Crippen LogP contribution in [0.25, 0.3) is 11.0 Å². The molecule has 3 rings (SSSR count). The van der Waals surface area contributed by atoms with Crippen LogP contribution in [-0.2, 0) is 17.9 Å². The highest BCUT2D eigenvalue weighted by Crippen LogP contribution is 2.18. The highest BCUT2D eigenvalue weighted by atomic mass is 79.9. The number of carbonyl (C=O) groups excluding carboxylic acids is 1. The molecular weight excluding hydrogens is 384 g/mol. The SMILES string of the molecule is NC(=O)C[n+]1c(N)n(CCCOc2ccc(Br)cc2)c2ccccc21. The molecule has 0 bridgehead atoms. The van der Waals surface area contributed by atoms with Gasteiger partial charge in [0, 0.05) is 10.9 Å². The minimum Gasteiger partial charge on any atom is -0.493 e. The second-order valence-electron chi connectivity index (χ2n) is 5.71. The minimum atomic E-state index is -0.418. The number of hydrogen-bond donors (Lipinski definition) is 2. The maximum absolute atomic E-state index is 11.3. The van der Waals surface area contributed by atoms with Crippen molar-refractivity contribution in [2.45, 2.75) is 19.5 Å². The zero-order valence-electron chi connectivity index (χ0n) is 13.7. The van der Waals surface area contributed by atoms with Crippen molar-refractivity contribution in [1.82, 2.24) is 4.57 Å². The number of imidazole rings is 1. The van der Waals surface area contributed by atoms with Gasteiger partial charge in [-0.05, 0) is 36.4 Å². The number of halogens is 1. The van der Waals surface area contributed by atoms with E-state index < -0.39 is 5.91 Å². The van der Waals surface area contributed by atoms with Gasteiger partial charge in [0.05, 0.1) is 13.2 Å². The van der Waals surface area contributed by atoms with Crippen LogP contribution in [0, 0.1) is 0 Å². The van der Waals surface area contributed by atoms with E-state index >= 15 is 0 Å². The lowest BCUT2D eigenvalue weighted by molar-refractivity contribution is -0.644. The Labute approximate surface area is 154 Å². The van der Waals surface area contributed by atoms with Crippen molar-refractivity contribution in [2.75, 3.05) is 12.3 Å². The Morgan fingerprint density at radius 2 is 1.88 bits per heavy atom. The van der Waals surface area contributed by atoms with E-state index in [0.717, 1.165) is 27.7 Å². The first-order chi connectivity index (χ1) is 12.1. The van der Waals surface area contributed by atoms with Crippen molar-refractivity contribution in [2.24, 2.45) is 5.73 Å². The molecule has 130 valence electrons. The van der Waals surface area contributed by atoms with Crippen LogP contribution in [0.5, 0.6) is 5.75 Å². The first kappa shape index (κ1) is 17.3. The Morgan fingerprint density at radius 3 is 2.60 bits per heavy atom. The highest BCUT2D eigenvalue weighted by Gasteiger charge is 2.21. The van der Waals surface area contributed by atoms with E-state index in [2.05, 4.69) is 15.9 Å². The Bertz CT molecular complexity index is 890. The van der Waals surface area contributed by atoms with Gasteiger partial charge in [0.15, 0.2) is 6.54 Å². The molecule has 7 heteroatoms. The predicted molar refractivity (Wildman–Crippen MR) is 100.0 cm³/mol. The smallest absolute Gasteiger partial charge is 0.356 e. The van der Waals surface area contributed by atoms with Crippen LogP contribution in [0.1, 0.15) is 6.42 Å². The third-order valence-corrected chi connectivity index (χ3v) is 4.47. The summed E-state index contributed by atoms with van der Waals surface area (Å²) in [6.07, 6.45) is 0.787. The lowest BCUT2D eigenvalue weighted by atomic mass is 10.3. The number of fused-ring (bicyclic) bond motifs is 1. The van der Waals surface area contributed by atoms with Crippen LogP contribution in [0.3, 0.4) is 0 Å². The molecule has 0 aliphatic rings. The van der Waals surface area contributed by atoms with Crippen molar-refractivity contribution in [1.29, 1.82) is 0 Å². The summed E-state index contributed by atoms with van der Waals surface area (Å²) >= 11 is 3.40. The van der Waals surface area contributed by atoms with Gasteiger partial charge < -0.3 is 10.5 Å². The zero-order chi connectivity index (χ0) is 17.8. The van der Waals surface area contributed by atoms with Crippen molar-refractivity contribution in [3.05, 3.63) is 53.0 Å². The number of rotatable bonds is 7. The normalized spacial score (nSPS) is 10.9. The van der Waals surface area contributed by atoms with Crippen LogP contribution in [-0.4, -0.2) is 17.1 Å². The van der Waals surface area contributed by atoms with E-state index in [0.29, 0.717) is 19.1 Å². The van der Waals surface area contributed by atoms with E-state index in [1.54, 1.807) is 4.57 Å². The maximum Gasteiger partial charge on any atom is 0.356 e. The fourth-order valence-electron chi connectivity index (χ4n) is 2.81. The van der Waals surface area contributed by atoms with Crippen LogP contribution >= 0.6 is 15.9 Å². The number of nitrogens with two attached hydrogens (primary N) is 2. The van der Waals surface area contributed by atoms with Crippen LogP contribution in [0.15, 0.2) is 53.0 Å². The Balaban J connectivity index is 1.71. The van der Waals surface area contributed by atoms with Gasteiger partial charge in [-0.15, -0.1) is 0 Å². The quantitative estimate of drug-likeness (QED) is 0.468. The fourth-order valence-corrected chi connectivity index (χ4v) is 3.08. The molecule has 0 fully saturated rings. The minimum absolute atomic E-state index is 0.0642. The summed E-state index contributed by atoms with van der Waals surface area (Å²) in [4.78, 5) is 11.3. The molecule has 0 aliphatic heterocycles. The van der Waals surface area contributed by atoms with Crippen LogP contribution in [0.2, 0.25) is 0 Å². The number of amides is 1. The number of nitrogens with zero attached hydrogens (tertiary/aromatic N) is 2. The largest absolute Gasteiger partial charge is 0.493 e. The molecule has 6 nitrogen and oxygen atoms in total. The van der Waals surface area contributed by atoms with Crippen molar-refractivity contribution in [3.63, 3.8) is 0 Å². The standard InChI is InChI=1S/C18H19BrN4O2/c19-13-6-8-14(9-7-13)25-11-3-10-22-15-4-1-2-5-16(15)23(18(22)21)12-17(20)24/h1-2,4-9,21H,3,10-12H2,(H2,20,24)/p+1. The fraction of sp³-hybridized carbons (Fsp3) is 0.222. The highest BCUT2D eigenvalue weighted by molar-refractivity contribution is 9.10. The number of ether oxygens (including phenoxy) is 1. The summed E-state index contributed by atoms with van der Waals surface area (Å²) in [7, 11) is 0. The van der Waals surface area contributed by atoms with E-state index in [9.17, 15) is 4.79 Å². The molecule has 1 heterocycles. The van der Waals surface area contributed by atoms with E-state index in [4.69, 9.17) is 16.2 Å². The van der Waals surface area contributed by atoms with Gasteiger partial charge in [0.25, 0.3) is 5.91 Å². The predicted octanol–water partition coefficient (Wildman–Crippen LogP) is 2.23. The summed E-state index contributed by atoms with van der Waals surface area (Å²) < 4.78 is 10.5. The molecule has 0 radical (unpaired) electrons. The summed E-state index contributed by atoms with van der Waals surface area (Å²) in [5.74, 6) is 0.930. The number of carbonyl (C=O) groups is 1. The molecule has 0 saturated carbocycles. The molecule has 3 aromatic rings. The van der Waals surface area contributed by atoms with Crippen LogP contribution < -0.4 is 20.8 Å². The average Bonchev–Trinajstić information content (AvgIpc) is 2.85. The number of hydrogen-bond acceptors (Lipinski definition) is 3. The third kappa shape index (κ3) is 3.93. The third-order valence-electron chi connectivity index (χ3n) is 3.94. The van der Waals surface area contributed by atoms with Gasteiger partial charge in [-0.2, -0.15) is 0 Å². The van der Waals surface area contributed by atoms with Gasteiger partial charge in [0.2, 0.25) is 0 Å². The second kappa shape index (κ2) is 7.57. The molecule has 4 N–H and O–H groups in total. The number of benzene rings is 2. The monoisotopic (exact) mass is 403 g/mol. The molecule has 0 unspecified atom stereocenters. The molecule has 0 aliphatic carbocycles. The molecule has 25 heavy (non-hydrogen) atoms. The number of aryl methyl sites for hydroxylation is 1. The molecule has 0 atom stereocenters. The number of primary amides is 1. The van der Waals surface area contributed by atoms with Gasteiger partial charge >= 0.3 is 5.95 Å². The summed E-state index contributed by atoms with van der Waals surface area (Å²) in [5.41, 5.74) is 13.5. The first-order valence-electron chi connectivity index (χ1n) is 7.99. The number of para-hydroxylation sites is 2. The molecular formula is C18H20BrN4O2+. The van der Waals surface area contributed by atoms with Crippen molar-refractivity contribution >= 4 is 38.8 Å². The van der Waals surface area contributed by atoms with Gasteiger partial charge in [-0.3, -0.25) is 10.5 Å². The number of aromatic nitrogens is 2. The lowest BCUT2D eigenvalue weighted by Crippen LogP contribution is -2.42. The number of nitrogen functional groups attached to an aromatic ring is 1. The molecule has 1 amide bonds. The first-order valence-corrected chi connectivity index (χ1v) is 8.79. The summed E-state index contributed by atoms with van der Waals surface area (Å²) in [6, 6.07) is 15.5. The molecule has 0 spiro atoms.